The molecule has 0 unspecified atom stereocenters. The van der Waals surface area contributed by atoms with Crippen LogP contribution in [0.4, 0.5) is 17.6 Å². The van der Waals surface area contributed by atoms with Crippen LogP contribution in [0.2, 0.25) is 0 Å². The maximum absolute atomic E-state index is 13.0. The van der Waals surface area contributed by atoms with E-state index in [0.29, 0.717) is 18.9 Å². The average Bonchev–Trinajstić information content (AvgIpc) is 2.45. The van der Waals surface area contributed by atoms with Gasteiger partial charge in [-0.2, -0.15) is 13.2 Å². The maximum atomic E-state index is 13.0. The fourth-order valence-corrected chi connectivity index (χ4v) is 2.73. The molecule has 7 heteroatoms. The Bertz CT molecular complexity index is 551. The van der Waals surface area contributed by atoms with Crippen molar-refractivity contribution in [3.05, 3.63) is 35.1 Å². The maximum Gasteiger partial charge on any atom is 0.416 e. The highest BCUT2D eigenvalue weighted by Gasteiger charge is 2.36. The smallest absolute Gasteiger partial charge is 0.350 e. The fourth-order valence-electron chi connectivity index (χ4n) is 2.73. The number of nitrogens with two attached hydrogens (primary N) is 1. The van der Waals surface area contributed by atoms with Crippen LogP contribution in [-0.2, 0) is 17.5 Å². The molecular formula is C15H18F4N2O. The number of rotatable bonds is 3. The summed E-state index contributed by atoms with van der Waals surface area (Å²) in [7, 11) is 0. The van der Waals surface area contributed by atoms with Crippen LogP contribution in [0.15, 0.2) is 18.2 Å². The van der Waals surface area contributed by atoms with Crippen molar-refractivity contribution in [2.45, 2.75) is 50.4 Å². The molecule has 2 rings (SSSR count). The highest BCUT2D eigenvalue weighted by Crippen LogP contribution is 2.32. The molecule has 1 aliphatic rings. The second kappa shape index (κ2) is 6.24. The predicted octanol–water partition coefficient (Wildman–Crippen LogP) is 3.12. The van der Waals surface area contributed by atoms with Gasteiger partial charge in [0.25, 0.3) is 0 Å². The van der Waals surface area contributed by atoms with Crippen LogP contribution >= 0.6 is 0 Å². The number of alkyl halides is 3. The summed E-state index contributed by atoms with van der Waals surface area (Å²) in [5.74, 6) is -1.42. The summed E-state index contributed by atoms with van der Waals surface area (Å²) in [6.07, 6.45) is -0.971. The highest BCUT2D eigenvalue weighted by atomic mass is 19.4. The van der Waals surface area contributed by atoms with E-state index in [1.54, 1.807) is 0 Å². The van der Waals surface area contributed by atoms with E-state index in [-0.39, 0.29) is 12.1 Å². The van der Waals surface area contributed by atoms with Gasteiger partial charge < -0.3 is 11.1 Å². The van der Waals surface area contributed by atoms with Gasteiger partial charge in [0.15, 0.2) is 0 Å². The minimum Gasteiger partial charge on any atom is -0.350 e. The monoisotopic (exact) mass is 318 g/mol. The van der Waals surface area contributed by atoms with Crippen molar-refractivity contribution >= 4 is 5.91 Å². The van der Waals surface area contributed by atoms with Gasteiger partial charge in [-0.05, 0) is 30.5 Å². The molecule has 22 heavy (non-hydrogen) atoms. The van der Waals surface area contributed by atoms with Crippen LogP contribution in [0, 0.1) is 5.82 Å². The van der Waals surface area contributed by atoms with Gasteiger partial charge >= 0.3 is 6.18 Å². The quantitative estimate of drug-likeness (QED) is 0.841. The van der Waals surface area contributed by atoms with Crippen molar-refractivity contribution < 1.29 is 22.4 Å². The normalized spacial score (nSPS) is 18.0. The van der Waals surface area contributed by atoms with Gasteiger partial charge in [-0.3, -0.25) is 4.79 Å². The summed E-state index contributed by atoms with van der Waals surface area (Å²) in [5.41, 5.74) is 3.74. The Morgan fingerprint density at radius 1 is 1.23 bits per heavy atom. The molecule has 1 aromatic carbocycles. The van der Waals surface area contributed by atoms with Gasteiger partial charge in [-0.25, -0.2) is 4.39 Å². The Morgan fingerprint density at radius 2 is 1.86 bits per heavy atom. The number of hydrogen-bond donors (Lipinski definition) is 2. The summed E-state index contributed by atoms with van der Waals surface area (Å²) >= 11 is 0. The molecule has 1 amide bonds. The molecule has 1 saturated carbocycles. The second-order valence-corrected chi connectivity index (χ2v) is 5.70. The summed E-state index contributed by atoms with van der Waals surface area (Å²) in [6, 6.07) is 2.40. The van der Waals surface area contributed by atoms with Gasteiger partial charge in [-0.15, -0.1) is 0 Å². The van der Waals surface area contributed by atoms with E-state index >= 15 is 0 Å². The van der Waals surface area contributed by atoms with Crippen LogP contribution in [-0.4, -0.2) is 11.4 Å². The topological polar surface area (TPSA) is 55.1 Å². The first-order valence-corrected chi connectivity index (χ1v) is 7.15. The van der Waals surface area contributed by atoms with Crippen molar-refractivity contribution in [2.24, 2.45) is 5.73 Å². The van der Waals surface area contributed by atoms with Crippen molar-refractivity contribution in [1.82, 2.24) is 5.32 Å². The Morgan fingerprint density at radius 3 is 2.45 bits per heavy atom. The van der Waals surface area contributed by atoms with E-state index < -0.39 is 29.0 Å². The SMILES string of the molecule is NC1(C(=O)NCc2ccc(F)cc2C(F)(F)F)CCCCC1. The zero-order valence-electron chi connectivity index (χ0n) is 12.0. The van der Waals surface area contributed by atoms with Crippen LogP contribution < -0.4 is 11.1 Å². The summed E-state index contributed by atoms with van der Waals surface area (Å²) in [6.45, 7) is -0.326. The molecule has 0 aliphatic heterocycles. The van der Waals surface area contributed by atoms with Gasteiger partial charge in [-0.1, -0.05) is 25.3 Å². The Hall–Kier alpha value is -1.63. The average molecular weight is 318 g/mol. The second-order valence-electron chi connectivity index (χ2n) is 5.70. The molecule has 0 bridgehead atoms. The van der Waals surface area contributed by atoms with E-state index in [1.807, 2.05) is 0 Å². The largest absolute Gasteiger partial charge is 0.416 e. The van der Waals surface area contributed by atoms with E-state index in [2.05, 4.69) is 5.32 Å². The summed E-state index contributed by atoms with van der Waals surface area (Å²) in [4.78, 5) is 12.1. The molecule has 122 valence electrons. The Labute approximate surface area is 125 Å². The first-order valence-electron chi connectivity index (χ1n) is 7.15. The van der Waals surface area contributed by atoms with E-state index in [9.17, 15) is 22.4 Å². The molecule has 3 N–H and O–H groups in total. The van der Waals surface area contributed by atoms with Gasteiger partial charge in [0.2, 0.25) is 5.91 Å². The van der Waals surface area contributed by atoms with Gasteiger partial charge in [0.1, 0.15) is 5.82 Å². The number of amides is 1. The van der Waals surface area contributed by atoms with Crippen molar-refractivity contribution in [3.8, 4) is 0 Å². The lowest BCUT2D eigenvalue weighted by atomic mass is 9.82. The molecule has 0 saturated heterocycles. The highest BCUT2D eigenvalue weighted by molar-refractivity contribution is 5.86. The first-order chi connectivity index (χ1) is 10.2. The zero-order chi connectivity index (χ0) is 16.4. The molecule has 0 heterocycles. The Balaban J connectivity index is 2.10. The zero-order valence-corrected chi connectivity index (χ0v) is 12.0. The molecule has 0 atom stereocenters. The third-order valence-corrected chi connectivity index (χ3v) is 4.01. The van der Waals surface area contributed by atoms with E-state index in [4.69, 9.17) is 5.73 Å². The molecule has 0 aromatic heterocycles. The minimum absolute atomic E-state index is 0.179. The number of carbonyl (C=O) groups excluding carboxylic acids is 1. The Kier molecular flexibility index (Phi) is 4.75. The minimum atomic E-state index is -4.67. The number of benzene rings is 1. The third-order valence-electron chi connectivity index (χ3n) is 4.01. The van der Waals surface area contributed by atoms with Gasteiger partial charge in [0.05, 0.1) is 11.1 Å². The predicted molar refractivity (Wildman–Crippen MR) is 73.3 cm³/mol. The molecule has 0 radical (unpaired) electrons. The summed E-state index contributed by atoms with van der Waals surface area (Å²) < 4.78 is 51.7. The van der Waals surface area contributed by atoms with Crippen molar-refractivity contribution in [2.75, 3.05) is 0 Å². The lowest BCUT2D eigenvalue weighted by molar-refractivity contribution is -0.138. The first kappa shape index (κ1) is 16.7. The molecule has 1 aromatic rings. The van der Waals surface area contributed by atoms with Crippen molar-refractivity contribution in [3.63, 3.8) is 0 Å². The third kappa shape index (κ3) is 3.76. The van der Waals surface area contributed by atoms with E-state index in [0.717, 1.165) is 31.4 Å². The van der Waals surface area contributed by atoms with Crippen LogP contribution in [0.3, 0.4) is 0 Å². The molecular weight excluding hydrogens is 300 g/mol. The fraction of sp³-hybridized carbons (Fsp3) is 0.533. The number of hydrogen-bond acceptors (Lipinski definition) is 2. The molecule has 0 spiro atoms. The van der Waals surface area contributed by atoms with Crippen molar-refractivity contribution in [1.29, 1.82) is 0 Å². The molecule has 1 fully saturated rings. The molecule has 3 nitrogen and oxygen atoms in total. The molecule has 1 aliphatic carbocycles. The summed E-state index contributed by atoms with van der Waals surface area (Å²) in [5, 5.41) is 2.45. The lowest BCUT2D eigenvalue weighted by Gasteiger charge is -2.32. The van der Waals surface area contributed by atoms with Crippen LogP contribution in [0.25, 0.3) is 0 Å². The van der Waals surface area contributed by atoms with Crippen LogP contribution in [0.5, 0.6) is 0 Å². The number of nitrogens with one attached hydrogen (secondary N) is 1. The van der Waals surface area contributed by atoms with Gasteiger partial charge in [0, 0.05) is 6.54 Å². The van der Waals surface area contributed by atoms with Crippen LogP contribution in [0.1, 0.15) is 43.2 Å². The lowest BCUT2D eigenvalue weighted by Crippen LogP contribution is -2.54. The standard InChI is InChI=1S/C15H18F4N2O/c16-11-5-4-10(12(8-11)15(17,18)19)9-21-13(22)14(20)6-2-1-3-7-14/h4-5,8H,1-3,6-7,9,20H2,(H,21,22). The van der Waals surface area contributed by atoms with E-state index in [1.165, 1.54) is 0 Å². The number of carbonyl (C=O) groups is 1. The number of halogens is 4.